The van der Waals surface area contributed by atoms with Crippen molar-refractivity contribution in [1.82, 2.24) is 0 Å². The zero-order chi connectivity index (χ0) is 22.8. The molecule has 4 rings (SSSR count). The number of aliphatic hydroxyl groups is 1. The minimum atomic E-state index is -0.125. The van der Waals surface area contributed by atoms with Gasteiger partial charge in [0.15, 0.2) is 0 Å². The summed E-state index contributed by atoms with van der Waals surface area (Å²) in [4.78, 5) is 0. The van der Waals surface area contributed by atoms with E-state index in [9.17, 15) is 5.11 Å². The van der Waals surface area contributed by atoms with Crippen LogP contribution in [0, 0.1) is 45.3 Å². The van der Waals surface area contributed by atoms with Crippen LogP contribution in [-0.4, -0.2) is 11.2 Å². The van der Waals surface area contributed by atoms with E-state index in [0.717, 1.165) is 24.2 Å². The first kappa shape index (κ1) is 23.8. The molecule has 0 saturated heterocycles. The molecule has 2 fully saturated rings. The number of aliphatic hydroxyl groups excluding tert-OH is 1. The van der Waals surface area contributed by atoms with E-state index >= 15 is 0 Å². The molecule has 0 amide bonds. The molecule has 178 valence electrons. The van der Waals surface area contributed by atoms with Gasteiger partial charge in [-0.05, 0) is 96.7 Å². The fourth-order valence-corrected chi connectivity index (χ4v) is 9.68. The van der Waals surface area contributed by atoms with Crippen molar-refractivity contribution in [3.63, 3.8) is 0 Å². The van der Waals surface area contributed by atoms with Gasteiger partial charge in [-0.1, -0.05) is 85.8 Å². The molecular weight excluding hydrogens is 376 g/mol. The molecule has 4 aliphatic carbocycles. The lowest BCUT2D eigenvalue weighted by Gasteiger charge is -2.62. The summed E-state index contributed by atoms with van der Waals surface area (Å²) in [5.74, 6) is 3.24. The van der Waals surface area contributed by atoms with Crippen LogP contribution >= 0.6 is 0 Å². The monoisotopic (exact) mass is 428 g/mol. The summed E-state index contributed by atoms with van der Waals surface area (Å²) in [7, 11) is 0. The van der Waals surface area contributed by atoms with Gasteiger partial charge in [-0.3, -0.25) is 0 Å². The summed E-state index contributed by atoms with van der Waals surface area (Å²) in [6.45, 7) is 20.0. The first-order chi connectivity index (χ1) is 14.4. The molecular formula is C30H52O. The molecule has 1 N–H and O–H groups in total. The average Bonchev–Trinajstić information content (AvgIpc) is 2.96. The van der Waals surface area contributed by atoms with Crippen molar-refractivity contribution in [3.8, 4) is 0 Å². The zero-order valence-corrected chi connectivity index (χ0v) is 22.1. The molecule has 0 spiro atoms. The van der Waals surface area contributed by atoms with Gasteiger partial charge in [0, 0.05) is 0 Å². The maximum Gasteiger partial charge on any atom is 0.0594 e. The highest BCUT2D eigenvalue weighted by Crippen LogP contribution is 2.72. The van der Waals surface area contributed by atoms with E-state index in [1.165, 1.54) is 64.2 Å². The molecule has 2 unspecified atom stereocenters. The minimum absolute atomic E-state index is 0.0519. The summed E-state index contributed by atoms with van der Waals surface area (Å²) < 4.78 is 0. The van der Waals surface area contributed by atoms with Gasteiger partial charge >= 0.3 is 0 Å². The summed E-state index contributed by atoms with van der Waals surface area (Å²) >= 11 is 0. The van der Waals surface area contributed by atoms with Gasteiger partial charge in [0.25, 0.3) is 0 Å². The third-order valence-corrected chi connectivity index (χ3v) is 11.9. The van der Waals surface area contributed by atoms with E-state index in [0.29, 0.717) is 22.2 Å². The maximum absolute atomic E-state index is 10.8. The largest absolute Gasteiger partial charge is 0.393 e. The second-order valence-corrected chi connectivity index (χ2v) is 14.0. The summed E-state index contributed by atoms with van der Waals surface area (Å²) in [5, 5.41) is 10.8. The van der Waals surface area contributed by atoms with Crippen LogP contribution in [0.25, 0.3) is 0 Å². The van der Waals surface area contributed by atoms with Crippen molar-refractivity contribution in [2.24, 2.45) is 45.3 Å². The quantitative estimate of drug-likeness (QED) is 0.435. The molecule has 0 aromatic heterocycles. The standard InChI is InChI=1S/C30H52O/c1-20(2)10-9-11-21(3)22-14-18-30(8)24-12-13-25-27(4,5)26(31)16-17-28(25,6)23(24)15-19-29(22,30)7/h20-22,25-26,31H,9-19H2,1-8H3/t21-,22-,25?,26?,28-,29-,30+/m1/s1. The molecule has 0 aliphatic heterocycles. The number of hydrogen-bond acceptors (Lipinski definition) is 1. The molecule has 1 nitrogen and oxygen atoms in total. The topological polar surface area (TPSA) is 20.2 Å². The van der Waals surface area contributed by atoms with Crippen LogP contribution in [0.2, 0.25) is 0 Å². The Labute approximate surface area is 193 Å². The zero-order valence-electron chi connectivity index (χ0n) is 22.1. The Bertz CT molecular complexity index is 716. The Morgan fingerprint density at radius 3 is 2.23 bits per heavy atom. The van der Waals surface area contributed by atoms with Gasteiger partial charge in [0.05, 0.1) is 6.10 Å². The predicted octanol–water partition coefficient (Wildman–Crippen LogP) is 8.56. The molecule has 2 saturated carbocycles. The van der Waals surface area contributed by atoms with Crippen LogP contribution in [0.3, 0.4) is 0 Å². The van der Waals surface area contributed by atoms with Crippen LogP contribution in [0.4, 0.5) is 0 Å². The highest BCUT2D eigenvalue weighted by atomic mass is 16.3. The molecule has 0 radical (unpaired) electrons. The molecule has 0 aromatic rings. The van der Waals surface area contributed by atoms with E-state index in [4.69, 9.17) is 0 Å². The van der Waals surface area contributed by atoms with Crippen LogP contribution in [0.5, 0.6) is 0 Å². The fraction of sp³-hybridized carbons (Fsp3) is 0.933. The van der Waals surface area contributed by atoms with Gasteiger partial charge in [-0.15, -0.1) is 0 Å². The third kappa shape index (κ3) is 3.41. The van der Waals surface area contributed by atoms with E-state index in [1.54, 1.807) is 0 Å². The van der Waals surface area contributed by atoms with Gasteiger partial charge < -0.3 is 5.11 Å². The van der Waals surface area contributed by atoms with E-state index < -0.39 is 0 Å². The molecule has 4 aliphatic rings. The van der Waals surface area contributed by atoms with Gasteiger partial charge in [-0.25, -0.2) is 0 Å². The second-order valence-electron chi connectivity index (χ2n) is 14.0. The second kappa shape index (κ2) is 7.89. The highest BCUT2D eigenvalue weighted by molar-refractivity contribution is 5.38. The number of hydrogen-bond donors (Lipinski definition) is 1. The lowest BCUT2D eigenvalue weighted by molar-refractivity contribution is -0.0962. The Balaban J connectivity index is 1.63. The molecule has 31 heavy (non-hydrogen) atoms. The van der Waals surface area contributed by atoms with Gasteiger partial charge in [-0.2, -0.15) is 0 Å². The van der Waals surface area contributed by atoms with Crippen molar-refractivity contribution < 1.29 is 5.11 Å². The fourth-order valence-electron chi connectivity index (χ4n) is 9.68. The van der Waals surface area contributed by atoms with Crippen molar-refractivity contribution in [2.75, 3.05) is 0 Å². The van der Waals surface area contributed by atoms with E-state index in [2.05, 4.69) is 55.4 Å². The van der Waals surface area contributed by atoms with Crippen LogP contribution in [0.1, 0.15) is 126 Å². The van der Waals surface area contributed by atoms with Gasteiger partial charge in [0.1, 0.15) is 0 Å². The van der Waals surface area contributed by atoms with Gasteiger partial charge in [0.2, 0.25) is 0 Å². The number of rotatable bonds is 5. The number of allylic oxidation sites excluding steroid dienone is 2. The lowest BCUT2D eigenvalue weighted by Crippen LogP contribution is -2.55. The predicted molar refractivity (Wildman–Crippen MR) is 133 cm³/mol. The molecule has 0 heterocycles. The highest BCUT2D eigenvalue weighted by Gasteiger charge is 2.63. The molecule has 0 aromatic carbocycles. The Hall–Kier alpha value is -0.300. The first-order valence-electron chi connectivity index (χ1n) is 13.8. The normalized spacial score (nSPS) is 45.3. The average molecular weight is 429 g/mol. The van der Waals surface area contributed by atoms with E-state index in [-0.39, 0.29) is 11.5 Å². The lowest BCUT2D eigenvalue weighted by atomic mass is 9.43. The Kier molecular flexibility index (Phi) is 6.07. The third-order valence-electron chi connectivity index (χ3n) is 11.9. The summed E-state index contributed by atoms with van der Waals surface area (Å²) in [6.07, 6.45) is 14.4. The first-order valence-corrected chi connectivity index (χ1v) is 13.8. The Morgan fingerprint density at radius 1 is 0.839 bits per heavy atom. The SMILES string of the molecule is CC(C)CCC[C@@H](C)[C@H]1CC[C@@]2(C)C3=C(CC[C@]12C)[C@@]1(C)CCC(O)C(C)(C)C1CC3. The van der Waals surface area contributed by atoms with Crippen molar-refractivity contribution in [1.29, 1.82) is 0 Å². The van der Waals surface area contributed by atoms with Crippen LogP contribution in [0.15, 0.2) is 11.1 Å². The maximum atomic E-state index is 10.8. The van der Waals surface area contributed by atoms with Crippen molar-refractivity contribution >= 4 is 0 Å². The van der Waals surface area contributed by atoms with Crippen molar-refractivity contribution in [3.05, 3.63) is 11.1 Å². The molecule has 1 heteroatoms. The Morgan fingerprint density at radius 2 is 1.55 bits per heavy atom. The smallest absolute Gasteiger partial charge is 0.0594 e. The number of fused-ring (bicyclic) bond motifs is 4. The molecule has 0 bridgehead atoms. The minimum Gasteiger partial charge on any atom is -0.393 e. The molecule has 7 atom stereocenters. The van der Waals surface area contributed by atoms with E-state index in [1.807, 2.05) is 11.1 Å². The van der Waals surface area contributed by atoms with Crippen molar-refractivity contribution in [2.45, 2.75) is 132 Å². The summed E-state index contributed by atoms with van der Waals surface area (Å²) in [6, 6.07) is 0. The van der Waals surface area contributed by atoms with Crippen LogP contribution in [-0.2, 0) is 0 Å². The van der Waals surface area contributed by atoms with Crippen LogP contribution < -0.4 is 0 Å². The summed E-state index contributed by atoms with van der Waals surface area (Å²) in [5.41, 5.74) is 5.01.